The molecule has 0 radical (unpaired) electrons. The summed E-state index contributed by atoms with van der Waals surface area (Å²) in [6.07, 6.45) is 3.37. The zero-order valence-electron chi connectivity index (χ0n) is 19.4. The van der Waals surface area contributed by atoms with Crippen LogP contribution in [0.4, 0.5) is 17.5 Å². The number of pyridine rings is 2. The summed E-state index contributed by atoms with van der Waals surface area (Å²) in [6, 6.07) is 3.69. The average molecular weight is 452 g/mol. The fourth-order valence-corrected chi connectivity index (χ4v) is 3.99. The van der Waals surface area contributed by atoms with Crippen LogP contribution in [0.3, 0.4) is 0 Å². The van der Waals surface area contributed by atoms with Gasteiger partial charge in [0.2, 0.25) is 5.95 Å². The van der Waals surface area contributed by atoms with Crippen LogP contribution in [0.15, 0.2) is 29.3 Å². The van der Waals surface area contributed by atoms with E-state index in [9.17, 15) is 9.59 Å². The highest BCUT2D eigenvalue weighted by molar-refractivity contribution is 5.96. The lowest BCUT2D eigenvalue weighted by Crippen LogP contribution is -2.43. The van der Waals surface area contributed by atoms with Crippen molar-refractivity contribution in [2.45, 2.75) is 33.7 Å². The number of anilines is 3. The Bertz CT molecular complexity index is 1220. The number of piperazine rings is 1. The van der Waals surface area contributed by atoms with Gasteiger partial charge in [0.15, 0.2) is 0 Å². The Labute approximate surface area is 192 Å². The topological polar surface area (TPSA) is 114 Å². The molecule has 174 valence electrons. The van der Waals surface area contributed by atoms with Crippen LogP contribution in [0.2, 0.25) is 0 Å². The second-order valence-corrected chi connectivity index (χ2v) is 8.19. The molecule has 1 saturated heterocycles. The van der Waals surface area contributed by atoms with Gasteiger partial charge >= 0.3 is 5.97 Å². The van der Waals surface area contributed by atoms with Crippen LogP contribution in [0.25, 0.3) is 11.0 Å². The molecule has 3 aromatic rings. The minimum atomic E-state index is -0.630. The van der Waals surface area contributed by atoms with E-state index in [2.05, 4.69) is 30.5 Å². The maximum Gasteiger partial charge on any atom is 0.344 e. The molecule has 2 N–H and O–H groups in total. The van der Waals surface area contributed by atoms with E-state index in [1.165, 1.54) is 4.57 Å². The van der Waals surface area contributed by atoms with Crippen molar-refractivity contribution in [1.29, 1.82) is 0 Å². The first-order valence-electron chi connectivity index (χ1n) is 11.2. The Morgan fingerprint density at radius 1 is 1.21 bits per heavy atom. The minimum absolute atomic E-state index is 0.0232. The van der Waals surface area contributed by atoms with Crippen LogP contribution < -0.4 is 21.1 Å². The normalized spacial score (nSPS) is 14.0. The zero-order valence-corrected chi connectivity index (χ0v) is 19.4. The van der Waals surface area contributed by atoms with Crippen LogP contribution >= 0.6 is 0 Å². The molecule has 3 aromatic heterocycles. The number of fused-ring (bicyclic) bond motifs is 1. The summed E-state index contributed by atoms with van der Waals surface area (Å²) < 4.78 is 6.62. The van der Waals surface area contributed by atoms with Crippen molar-refractivity contribution in [2.24, 2.45) is 0 Å². The van der Waals surface area contributed by atoms with Gasteiger partial charge in [-0.2, -0.15) is 4.98 Å². The van der Waals surface area contributed by atoms with Crippen molar-refractivity contribution in [1.82, 2.24) is 24.8 Å². The van der Waals surface area contributed by atoms with E-state index >= 15 is 0 Å². The fourth-order valence-electron chi connectivity index (χ4n) is 3.99. The molecule has 0 amide bonds. The summed E-state index contributed by atoms with van der Waals surface area (Å²) in [5.74, 6) is 0.641. The third kappa shape index (κ3) is 4.51. The number of carbonyl (C=O) groups is 1. The molecule has 0 saturated carbocycles. The van der Waals surface area contributed by atoms with Gasteiger partial charge in [-0.05, 0) is 45.4 Å². The molecule has 0 atom stereocenters. The number of esters is 1. The lowest BCUT2D eigenvalue weighted by molar-refractivity contribution is 0.0523. The lowest BCUT2D eigenvalue weighted by atomic mass is 10.1. The summed E-state index contributed by atoms with van der Waals surface area (Å²) in [5, 5.41) is 7.13. The standard InChI is InChI=1S/C23H29N7O3/c1-5-33-22(32)19-15(4)17-13-26-23(28-20(17)30(14(2)3)21(19)31)27-16-6-7-18(25-12-16)29-10-8-24-9-11-29/h6-7,12-14,24H,5,8-11H2,1-4H3,(H,26,27,28). The van der Waals surface area contributed by atoms with Crippen molar-refractivity contribution in [3.8, 4) is 0 Å². The van der Waals surface area contributed by atoms with E-state index in [1.807, 2.05) is 26.0 Å². The van der Waals surface area contributed by atoms with Crippen molar-refractivity contribution >= 4 is 34.5 Å². The fraction of sp³-hybridized carbons (Fsp3) is 0.435. The maximum atomic E-state index is 13.2. The largest absolute Gasteiger partial charge is 0.462 e. The monoisotopic (exact) mass is 451 g/mol. The van der Waals surface area contributed by atoms with Crippen molar-refractivity contribution in [3.63, 3.8) is 0 Å². The van der Waals surface area contributed by atoms with E-state index < -0.39 is 11.5 Å². The molecule has 1 aliphatic heterocycles. The van der Waals surface area contributed by atoms with E-state index in [0.29, 0.717) is 22.5 Å². The molecule has 0 aliphatic carbocycles. The van der Waals surface area contributed by atoms with Crippen molar-refractivity contribution < 1.29 is 9.53 Å². The maximum absolute atomic E-state index is 13.2. The Hall–Kier alpha value is -3.53. The molecule has 0 bridgehead atoms. The van der Waals surface area contributed by atoms with Crippen LogP contribution in [0.5, 0.6) is 0 Å². The van der Waals surface area contributed by atoms with Gasteiger partial charge < -0.3 is 20.3 Å². The van der Waals surface area contributed by atoms with Crippen LogP contribution in [-0.4, -0.2) is 58.3 Å². The predicted octanol–water partition coefficient (Wildman–Crippen LogP) is 2.41. The van der Waals surface area contributed by atoms with Gasteiger partial charge in [0.25, 0.3) is 5.56 Å². The SMILES string of the molecule is CCOC(=O)c1c(C)c2cnc(Nc3ccc(N4CCNCC4)nc3)nc2n(C(C)C)c1=O. The first-order chi connectivity index (χ1) is 15.9. The number of aromatic nitrogens is 4. The molecule has 4 heterocycles. The lowest BCUT2D eigenvalue weighted by Gasteiger charge is -2.28. The van der Waals surface area contributed by atoms with Gasteiger partial charge in [-0.1, -0.05) is 0 Å². The number of ether oxygens (including phenoxy) is 1. The van der Waals surface area contributed by atoms with Crippen molar-refractivity contribution in [3.05, 3.63) is 46.0 Å². The minimum Gasteiger partial charge on any atom is -0.462 e. The van der Waals surface area contributed by atoms with Crippen LogP contribution in [0, 0.1) is 6.92 Å². The quantitative estimate of drug-likeness (QED) is 0.545. The molecule has 33 heavy (non-hydrogen) atoms. The van der Waals surface area contributed by atoms with E-state index in [-0.39, 0.29) is 18.2 Å². The van der Waals surface area contributed by atoms with Crippen molar-refractivity contribution in [2.75, 3.05) is 43.0 Å². The van der Waals surface area contributed by atoms with Gasteiger partial charge in [-0.15, -0.1) is 0 Å². The Balaban J connectivity index is 1.69. The summed E-state index contributed by atoms with van der Waals surface area (Å²) in [6.45, 7) is 11.1. The van der Waals surface area contributed by atoms with Crippen LogP contribution in [-0.2, 0) is 4.74 Å². The predicted molar refractivity (Wildman–Crippen MR) is 127 cm³/mol. The molecule has 1 aliphatic rings. The molecular formula is C23H29N7O3. The highest BCUT2D eigenvalue weighted by Crippen LogP contribution is 2.23. The van der Waals surface area contributed by atoms with Gasteiger partial charge in [0, 0.05) is 43.8 Å². The molecule has 0 unspecified atom stereocenters. The number of nitrogens with one attached hydrogen (secondary N) is 2. The number of rotatable bonds is 6. The number of nitrogens with zero attached hydrogens (tertiary/aromatic N) is 5. The van der Waals surface area contributed by atoms with Gasteiger partial charge in [0.1, 0.15) is 17.0 Å². The summed E-state index contributed by atoms with van der Waals surface area (Å²) >= 11 is 0. The Kier molecular flexibility index (Phi) is 6.55. The van der Waals surface area contributed by atoms with E-state index in [4.69, 9.17) is 4.74 Å². The third-order valence-electron chi connectivity index (χ3n) is 5.65. The smallest absolute Gasteiger partial charge is 0.344 e. The highest BCUT2D eigenvalue weighted by atomic mass is 16.5. The summed E-state index contributed by atoms with van der Waals surface area (Å²) in [7, 11) is 0. The van der Waals surface area contributed by atoms with E-state index in [0.717, 1.165) is 37.7 Å². The first kappa shape index (κ1) is 22.7. The van der Waals surface area contributed by atoms with Gasteiger partial charge in [0.05, 0.1) is 18.5 Å². The highest BCUT2D eigenvalue weighted by Gasteiger charge is 2.23. The van der Waals surface area contributed by atoms with Gasteiger partial charge in [-0.3, -0.25) is 9.36 Å². The zero-order chi connectivity index (χ0) is 23.5. The number of carbonyl (C=O) groups excluding carboxylic acids is 1. The first-order valence-corrected chi connectivity index (χ1v) is 11.2. The summed E-state index contributed by atoms with van der Waals surface area (Å²) in [4.78, 5) is 41.5. The second kappa shape index (κ2) is 9.53. The third-order valence-corrected chi connectivity index (χ3v) is 5.65. The molecule has 0 aromatic carbocycles. The molecule has 0 spiro atoms. The Morgan fingerprint density at radius 2 is 1.97 bits per heavy atom. The number of hydrogen-bond acceptors (Lipinski definition) is 9. The molecule has 10 heteroatoms. The molecule has 1 fully saturated rings. The van der Waals surface area contributed by atoms with E-state index in [1.54, 1.807) is 26.2 Å². The second-order valence-electron chi connectivity index (χ2n) is 8.19. The van der Waals surface area contributed by atoms with Gasteiger partial charge in [-0.25, -0.2) is 14.8 Å². The molecular weight excluding hydrogens is 422 g/mol. The van der Waals surface area contributed by atoms with Crippen LogP contribution in [0.1, 0.15) is 42.7 Å². The molecule has 4 rings (SSSR count). The summed E-state index contributed by atoms with van der Waals surface area (Å²) in [5.41, 5.74) is 1.32. The number of aryl methyl sites for hydroxylation is 1. The Morgan fingerprint density at radius 3 is 2.61 bits per heavy atom. The average Bonchev–Trinajstić information content (AvgIpc) is 2.80. The molecule has 10 nitrogen and oxygen atoms in total. The number of hydrogen-bond donors (Lipinski definition) is 2.